The van der Waals surface area contributed by atoms with Gasteiger partial charge in [-0.05, 0) is 58.8 Å². The number of aliphatic hydroxyl groups is 2. The Morgan fingerprint density at radius 3 is 1.40 bits per heavy atom. The highest BCUT2D eigenvalue weighted by Gasteiger charge is 2.20. The van der Waals surface area contributed by atoms with E-state index in [1.54, 1.807) is 19.1 Å². The molecular weight excluding hydrogens is 438 g/mol. The minimum Gasteiger partial charge on any atom is -0.393 e. The van der Waals surface area contributed by atoms with Gasteiger partial charge >= 0.3 is 0 Å². The van der Waals surface area contributed by atoms with Crippen molar-refractivity contribution in [1.82, 2.24) is 5.23 Å². The Hall–Kier alpha value is -0.460. The first-order valence-corrected chi connectivity index (χ1v) is 15.0. The third kappa shape index (κ3) is 23.7. The van der Waals surface area contributed by atoms with Gasteiger partial charge in [0.2, 0.25) is 0 Å². The topological polar surface area (TPSA) is 62.2 Å². The van der Waals surface area contributed by atoms with Crippen LogP contribution >= 0.6 is 0 Å². The van der Waals surface area contributed by atoms with Crippen LogP contribution in [0.4, 0.5) is 0 Å². The van der Waals surface area contributed by atoms with Crippen LogP contribution in [-0.2, 0) is 9.68 Å². The number of allylic oxidation sites excluding steroid dienone is 2. The third-order valence-corrected chi connectivity index (χ3v) is 6.50. The maximum atomic E-state index is 9.76. The molecule has 210 valence electrons. The predicted octanol–water partition coefficient (Wildman–Crippen LogP) is 8.29. The second kappa shape index (κ2) is 25.2. The fraction of sp³-hybridized carbons (Fsp3) is 0.933. The van der Waals surface area contributed by atoms with Crippen LogP contribution in [0.3, 0.4) is 0 Å². The van der Waals surface area contributed by atoms with Gasteiger partial charge in [-0.3, -0.25) is 9.68 Å². The summed E-state index contributed by atoms with van der Waals surface area (Å²) in [6.45, 7) is 10.7. The fourth-order valence-electron chi connectivity index (χ4n) is 4.28. The van der Waals surface area contributed by atoms with E-state index in [9.17, 15) is 10.2 Å². The van der Waals surface area contributed by atoms with Gasteiger partial charge in [-0.2, -0.15) is 0 Å². The van der Waals surface area contributed by atoms with Crippen LogP contribution in [0.1, 0.15) is 150 Å². The standard InChI is InChI=1S/C30H61NO4/c1-6-9-10-11-12-13-14-15-16-17-18-19-20-21-22-23-24-31(34-29(7-2)25-27(4)32)35-30(8-3)26-28(5)33/h15-16,27-30,32-33H,6-14,17-26H2,1-5H3. The van der Waals surface area contributed by atoms with Crippen molar-refractivity contribution in [1.29, 1.82) is 0 Å². The van der Waals surface area contributed by atoms with Gasteiger partial charge in [0.15, 0.2) is 0 Å². The van der Waals surface area contributed by atoms with E-state index in [2.05, 4.69) is 32.9 Å². The maximum absolute atomic E-state index is 9.76. The fourth-order valence-corrected chi connectivity index (χ4v) is 4.28. The van der Waals surface area contributed by atoms with Crippen molar-refractivity contribution in [3.63, 3.8) is 0 Å². The van der Waals surface area contributed by atoms with Crippen molar-refractivity contribution in [2.75, 3.05) is 6.54 Å². The maximum Gasteiger partial charge on any atom is 0.0841 e. The molecule has 0 rings (SSSR count). The van der Waals surface area contributed by atoms with Crippen LogP contribution in [0.2, 0.25) is 0 Å². The van der Waals surface area contributed by atoms with Crippen LogP contribution in [0, 0.1) is 0 Å². The molecule has 0 heterocycles. The molecule has 0 amide bonds. The van der Waals surface area contributed by atoms with E-state index < -0.39 is 12.2 Å². The van der Waals surface area contributed by atoms with E-state index in [1.165, 1.54) is 77.0 Å². The molecule has 0 aromatic rings. The molecule has 4 atom stereocenters. The van der Waals surface area contributed by atoms with E-state index in [1.807, 2.05) is 0 Å². The van der Waals surface area contributed by atoms with Crippen LogP contribution in [0.15, 0.2) is 12.2 Å². The molecule has 0 spiro atoms. The zero-order valence-electron chi connectivity index (χ0n) is 24.1. The molecule has 0 aliphatic heterocycles. The Bertz CT molecular complexity index is 436. The van der Waals surface area contributed by atoms with E-state index >= 15 is 0 Å². The molecule has 0 saturated heterocycles. The number of hydrogen-bond donors (Lipinski definition) is 2. The van der Waals surface area contributed by atoms with Gasteiger partial charge in [0.05, 0.1) is 31.0 Å². The summed E-state index contributed by atoms with van der Waals surface area (Å²) in [6.07, 6.45) is 24.7. The molecule has 0 aromatic carbocycles. The molecule has 0 bridgehead atoms. The number of aliphatic hydroxyl groups excluding tert-OH is 2. The Balaban J connectivity index is 4.05. The molecule has 0 saturated carbocycles. The summed E-state index contributed by atoms with van der Waals surface area (Å²) in [5, 5.41) is 21.2. The molecule has 0 aliphatic rings. The van der Waals surface area contributed by atoms with Crippen LogP contribution < -0.4 is 0 Å². The minimum absolute atomic E-state index is 0.0619. The first kappa shape index (κ1) is 34.5. The van der Waals surface area contributed by atoms with Gasteiger partial charge < -0.3 is 10.2 Å². The Morgan fingerprint density at radius 2 is 1.00 bits per heavy atom. The Kier molecular flexibility index (Phi) is 24.9. The lowest BCUT2D eigenvalue weighted by atomic mass is 10.1. The van der Waals surface area contributed by atoms with E-state index in [4.69, 9.17) is 9.68 Å². The largest absolute Gasteiger partial charge is 0.393 e. The number of hydroxylamine groups is 2. The third-order valence-electron chi connectivity index (χ3n) is 6.50. The predicted molar refractivity (Wildman–Crippen MR) is 149 cm³/mol. The lowest BCUT2D eigenvalue weighted by molar-refractivity contribution is -0.405. The van der Waals surface area contributed by atoms with E-state index in [0.717, 1.165) is 25.7 Å². The second-order valence-electron chi connectivity index (χ2n) is 10.4. The van der Waals surface area contributed by atoms with Crippen LogP contribution in [-0.4, -0.2) is 46.4 Å². The quantitative estimate of drug-likeness (QED) is 0.0712. The molecule has 0 aromatic heterocycles. The lowest BCUT2D eigenvalue weighted by Gasteiger charge is -2.30. The molecule has 5 heteroatoms. The zero-order chi connectivity index (χ0) is 26.2. The van der Waals surface area contributed by atoms with E-state index in [0.29, 0.717) is 19.4 Å². The number of rotatable bonds is 26. The number of hydrogen-bond acceptors (Lipinski definition) is 5. The molecule has 0 radical (unpaired) electrons. The summed E-state index contributed by atoms with van der Waals surface area (Å²) in [7, 11) is 0. The molecule has 35 heavy (non-hydrogen) atoms. The Morgan fingerprint density at radius 1 is 0.600 bits per heavy atom. The first-order chi connectivity index (χ1) is 16.9. The monoisotopic (exact) mass is 499 g/mol. The molecule has 4 unspecified atom stereocenters. The molecular formula is C30H61NO4. The van der Waals surface area contributed by atoms with Gasteiger partial charge in [0, 0.05) is 12.8 Å². The highest BCUT2D eigenvalue weighted by atomic mass is 17.0. The van der Waals surface area contributed by atoms with Gasteiger partial charge in [-0.1, -0.05) is 95.9 Å². The van der Waals surface area contributed by atoms with Crippen molar-refractivity contribution in [2.45, 2.75) is 175 Å². The summed E-state index contributed by atoms with van der Waals surface area (Å²) in [5.74, 6) is 0. The average Bonchev–Trinajstić information content (AvgIpc) is 2.82. The summed E-state index contributed by atoms with van der Waals surface area (Å²) in [5.41, 5.74) is 0. The van der Waals surface area contributed by atoms with Crippen molar-refractivity contribution < 1.29 is 19.9 Å². The summed E-state index contributed by atoms with van der Waals surface area (Å²) < 4.78 is 0. The Labute approximate surface area is 218 Å². The highest BCUT2D eigenvalue weighted by molar-refractivity contribution is 4.81. The van der Waals surface area contributed by atoms with Gasteiger partial charge in [0.1, 0.15) is 0 Å². The molecule has 0 fully saturated rings. The van der Waals surface area contributed by atoms with Gasteiger partial charge in [-0.25, -0.2) is 0 Å². The van der Waals surface area contributed by atoms with Crippen molar-refractivity contribution in [2.24, 2.45) is 0 Å². The molecule has 0 aliphatic carbocycles. The second-order valence-corrected chi connectivity index (χ2v) is 10.4. The lowest BCUT2D eigenvalue weighted by Crippen LogP contribution is -2.36. The van der Waals surface area contributed by atoms with Crippen molar-refractivity contribution >= 4 is 0 Å². The zero-order valence-corrected chi connectivity index (χ0v) is 24.1. The van der Waals surface area contributed by atoms with Crippen LogP contribution in [0.25, 0.3) is 0 Å². The SMILES string of the molecule is CCCCCCCCC=CCCCCCCCCN(OC(CC)CC(C)O)OC(CC)CC(C)O. The van der Waals surface area contributed by atoms with Crippen LogP contribution in [0.5, 0.6) is 0 Å². The smallest absolute Gasteiger partial charge is 0.0841 e. The van der Waals surface area contributed by atoms with E-state index in [-0.39, 0.29) is 12.2 Å². The summed E-state index contributed by atoms with van der Waals surface area (Å²) in [6, 6.07) is 0. The number of unbranched alkanes of at least 4 members (excludes halogenated alkanes) is 12. The molecule has 5 nitrogen and oxygen atoms in total. The van der Waals surface area contributed by atoms with Crippen molar-refractivity contribution in [3.05, 3.63) is 12.2 Å². The minimum atomic E-state index is -0.397. The van der Waals surface area contributed by atoms with Gasteiger partial charge in [-0.15, -0.1) is 0 Å². The normalized spacial score (nSPS) is 15.7. The average molecular weight is 500 g/mol. The number of nitrogens with zero attached hydrogens (tertiary/aromatic N) is 1. The van der Waals surface area contributed by atoms with Crippen molar-refractivity contribution in [3.8, 4) is 0 Å². The molecule has 2 N–H and O–H groups in total. The van der Waals surface area contributed by atoms with Gasteiger partial charge in [0.25, 0.3) is 0 Å². The summed E-state index contributed by atoms with van der Waals surface area (Å²) in [4.78, 5) is 12.2. The summed E-state index contributed by atoms with van der Waals surface area (Å²) >= 11 is 0. The first-order valence-electron chi connectivity index (χ1n) is 15.0. The highest BCUT2D eigenvalue weighted by Crippen LogP contribution is 2.17.